The summed E-state index contributed by atoms with van der Waals surface area (Å²) in [7, 11) is 0. The number of hydrogen-bond acceptors (Lipinski definition) is 5. The molecule has 0 aliphatic heterocycles. The molecular formula is C45H27N3O2. The van der Waals surface area contributed by atoms with Crippen molar-refractivity contribution in [3.63, 3.8) is 0 Å². The molecule has 0 radical (unpaired) electrons. The Morgan fingerprint density at radius 2 is 0.980 bits per heavy atom. The number of aromatic nitrogens is 3. The van der Waals surface area contributed by atoms with E-state index in [-0.39, 0.29) is 64.9 Å². The van der Waals surface area contributed by atoms with Crippen LogP contribution in [0.4, 0.5) is 0 Å². The van der Waals surface area contributed by atoms with Crippen molar-refractivity contribution < 1.29 is 25.3 Å². The average Bonchev–Trinajstić information content (AvgIpc) is 3.84. The highest BCUT2D eigenvalue weighted by Crippen LogP contribution is 2.40. The summed E-state index contributed by atoms with van der Waals surface area (Å²) in [5, 5.41) is 2.32. The van der Waals surface area contributed by atoms with Gasteiger partial charge in [0, 0.05) is 38.2 Å². The number of benzene rings is 7. The molecule has 0 amide bonds. The first-order valence-electron chi connectivity index (χ1n) is 21.6. The smallest absolute Gasteiger partial charge is 0.164 e. The van der Waals surface area contributed by atoms with Crippen molar-refractivity contribution >= 4 is 43.9 Å². The summed E-state index contributed by atoms with van der Waals surface area (Å²) in [6, 6.07) is 21.2. The molecule has 10 aromatic rings. The maximum atomic E-state index is 9.18. The maximum absolute atomic E-state index is 9.18. The predicted octanol–water partition coefficient (Wildman–Crippen LogP) is 12.0. The summed E-state index contributed by atoms with van der Waals surface area (Å²) in [5.74, 6) is 0.407. The summed E-state index contributed by atoms with van der Waals surface area (Å²) >= 11 is 0. The first kappa shape index (κ1) is 18.6. The summed E-state index contributed by atoms with van der Waals surface area (Å²) in [6.45, 7) is 0. The lowest BCUT2D eigenvalue weighted by Gasteiger charge is -2.11. The van der Waals surface area contributed by atoms with Crippen molar-refractivity contribution in [1.29, 1.82) is 0 Å². The van der Waals surface area contributed by atoms with Crippen LogP contribution in [0.1, 0.15) is 16.4 Å². The fourth-order valence-corrected chi connectivity index (χ4v) is 6.33. The van der Waals surface area contributed by atoms with E-state index in [9.17, 15) is 1.37 Å². The Labute approximate surface area is 304 Å². The standard InChI is InChI=1S/C45H27N3O2/c1-3-12-28(13-4-1)30-16-9-17-32(26-30)43-46-44(35-19-10-22-38-41(35)33-18-7-8-21-37(33)49-38)48-45(47-43)36-20-11-23-39-42(36)34-25-24-31(27-40(34)50-39)29-14-5-2-6-15-29/h1-27H/i1D,2D,3D,4D,5D,6D,7D,12D,13D,14D,15D,19D. The third kappa shape index (κ3) is 4.67. The van der Waals surface area contributed by atoms with Gasteiger partial charge in [-0.25, -0.2) is 15.0 Å². The van der Waals surface area contributed by atoms with Gasteiger partial charge < -0.3 is 8.83 Å². The molecule has 0 aliphatic carbocycles. The minimum atomic E-state index is -0.511. The van der Waals surface area contributed by atoms with Crippen molar-refractivity contribution in [3.8, 4) is 56.4 Å². The molecule has 0 unspecified atom stereocenters. The first-order chi connectivity index (χ1) is 29.7. The zero-order chi connectivity index (χ0) is 43.5. The SMILES string of the molecule is [2H]c1ccc2oc3ccc([2H])c(-c4nc(-c5cccc(-c6c([2H])c([2H])c([2H])c([2H])c6[2H])c5)nc(-c5cccc6oc7cc(-c8c([2H])c([2H])c([2H])c([2H])c8[2H])ccc7c56)n4)c3c2c1. The summed E-state index contributed by atoms with van der Waals surface area (Å²) in [6.07, 6.45) is 0. The number of hydrogen-bond donors (Lipinski definition) is 0. The zero-order valence-corrected chi connectivity index (χ0v) is 25.8. The van der Waals surface area contributed by atoms with Crippen molar-refractivity contribution in [3.05, 3.63) is 164 Å². The zero-order valence-electron chi connectivity index (χ0n) is 37.8. The maximum Gasteiger partial charge on any atom is 0.164 e. The molecule has 50 heavy (non-hydrogen) atoms. The Bertz CT molecular complexity index is 3530. The Kier molecular flexibility index (Phi) is 4.24. The molecule has 0 spiro atoms. The Hall–Kier alpha value is -6.85. The van der Waals surface area contributed by atoms with Gasteiger partial charge in [-0.05, 0) is 58.7 Å². The second-order valence-electron chi connectivity index (χ2n) is 11.5. The number of nitrogens with zero attached hydrogens (tertiary/aromatic N) is 3. The highest BCUT2D eigenvalue weighted by Gasteiger charge is 2.20. The van der Waals surface area contributed by atoms with Crippen molar-refractivity contribution in [2.24, 2.45) is 0 Å². The average molecular weight is 654 g/mol. The Morgan fingerprint density at radius 1 is 0.380 bits per heavy atom. The van der Waals surface area contributed by atoms with Crippen LogP contribution in [0.3, 0.4) is 0 Å². The van der Waals surface area contributed by atoms with Gasteiger partial charge >= 0.3 is 0 Å². The summed E-state index contributed by atoms with van der Waals surface area (Å²) < 4.78 is 113. The van der Waals surface area contributed by atoms with Crippen molar-refractivity contribution in [2.75, 3.05) is 0 Å². The molecule has 0 bridgehead atoms. The molecule has 0 fully saturated rings. The molecule has 234 valence electrons. The normalized spacial score (nSPS) is 15.0. The largest absolute Gasteiger partial charge is 0.456 e. The number of rotatable bonds is 5. The Balaban J connectivity index is 1.23. The number of para-hydroxylation sites is 1. The van der Waals surface area contributed by atoms with Crippen LogP contribution >= 0.6 is 0 Å². The second-order valence-corrected chi connectivity index (χ2v) is 11.5. The lowest BCUT2D eigenvalue weighted by molar-refractivity contribution is 0.668. The third-order valence-corrected chi connectivity index (χ3v) is 8.57. The molecule has 0 aliphatic rings. The molecular weight excluding hydrogens is 615 g/mol. The van der Waals surface area contributed by atoms with Crippen LogP contribution < -0.4 is 0 Å². The van der Waals surface area contributed by atoms with Gasteiger partial charge in [0.15, 0.2) is 17.5 Å². The molecule has 0 saturated carbocycles. The van der Waals surface area contributed by atoms with Gasteiger partial charge in [-0.15, -0.1) is 0 Å². The minimum Gasteiger partial charge on any atom is -0.456 e. The molecule has 0 saturated heterocycles. The minimum absolute atomic E-state index is 0.000698. The third-order valence-electron chi connectivity index (χ3n) is 8.57. The summed E-state index contributed by atoms with van der Waals surface area (Å²) in [4.78, 5) is 14.9. The van der Waals surface area contributed by atoms with E-state index in [2.05, 4.69) is 0 Å². The van der Waals surface area contributed by atoms with E-state index >= 15 is 0 Å². The van der Waals surface area contributed by atoms with Crippen LogP contribution in [0, 0.1) is 0 Å². The van der Waals surface area contributed by atoms with Gasteiger partial charge in [-0.3, -0.25) is 0 Å². The fraction of sp³-hybridized carbons (Fsp3) is 0. The van der Waals surface area contributed by atoms with Gasteiger partial charge in [-0.1, -0.05) is 127 Å². The monoisotopic (exact) mass is 653 g/mol. The lowest BCUT2D eigenvalue weighted by Crippen LogP contribution is -2.01. The van der Waals surface area contributed by atoms with E-state index in [0.717, 1.165) is 0 Å². The van der Waals surface area contributed by atoms with E-state index in [1.807, 2.05) is 0 Å². The van der Waals surface area contributed by atoms with Crippen LogP contribution in [-0.4, -0.2) is 15.0 Å². The molecule has 7 aromatic carbocycles. The first-order valence-corrected chi connectivity index (χ1v) is 15.6. The van der Waals surface area contributed by atoms with E-state index in [0.29, 0.717) is 71.7 Å². The van der Waals surface area contributed by atoms with E-state index in [1.54, 1.807) is 91.0 Å². The Morgan fingerprint density at radius 3 is 1.78 bits per heavy atom. The molecule has 5 heteroatoms. The molecule has 3 heterocycles. The molecule has 0 atom stereocenters. The quantitative estimate of drug-likeness (QED) is 0.185. The van der Waals surface area contributed by atoms with E-state index in [4.69, 9.17) is 38.9 Å². The van der Waals surface area contributed by atoms with Gasteiger partial charge in [0.1, 0.15) is 22.3 Å². The van der Waals surface area contributed by atoms with Crippen molar-refractivity contribution in [1.82, 2.24) is 15.0 Å². The van der Waals surface area contributed by atoms with E-state index in [1.165, 1.54) is 0 Å². The molecule has 3 aromatic heterocycles. The second kappa shape index (κ2) is 11.4. The van der Waals surface area contributed by atoms with Crippen LogP contribution in [0.25, 0.3) is 100 Å². The number of furan rings is 2. The van der Waals surface area contributed by atoms with Crippen LogP contribution in [-0.2, 0) is 0 Å². The molecule has 10 rings (SSSR count). The highest BCUT2D eigenvalue weighted by molar-refractivity contribution is 6.13. The van der Waals surface area contributed by atoms with Gasteiger partial charge in [0.05, 0.1) is 16.4 Å². The van der Waals surface area contributed by atoms with Gasteiger partial charge in [-0.2, -0.15) is 0 Å². The van der Waals surface area contributed by atoms with Crippen LogP contribution in [0.2, 0.25) is 0 Å². The topological polar surface area (TPSA) is 65.0 Å². The van der Waals surface area contributed by atoms with Crippen molar-refractivity contribution in [2.45, 2.75) is 0 Å². The lowest BCUT2D eigenvalue weighted by atomic mass is 10.0. The highest BCUT2D eigenvalue weighted by atomic mass is 16.3. The van der Waals surface area contributed by atoms with Gasteiger partial charge in [0.2, 0.25) is 0 Å². The van der Waals surface area contributed by atoms with Gasteiger partial charge in [0.25, 0.3) is 0 Å². The number of fused-ring (bicyclic) bond motifs is 6. The molecule has 5 nitrogen and oxygen atoms in total. The van der Waals surface area contributed by atoms with Crippen LogP contribution in [0.15, 0.2) is 172 Å². The predicted molar refractivity (Wildman–Crippen MR) is 202 cm³/mol. The molecule has 0 N–H and O–H groups in total. The van der Waals surface area contributed by atoms with Crippen LogP contribution in [0.5, 0.6) is 0 Å². The fourth-order valence-electron chi connectivity index (χ4n) is 6.33. The summed E-state index contributed by atoms with van der Waals surface area (Å²) in [5.41, 5.74) is 3.70. The van der Waals surface area contributed by atoms with E-state index < -0.39 is 36.3 Å².